The van der Waals surface area contributed by atoms with Crippen molar-refractivity contribution < 1.29 is 23.9 Å². The molecule has 0 aromatic carbocycles. The summed E-state index contributed by atoms with van der Waals surface area (Å²) in [7, 11) is 1.94. The zero-order valence-electron chi connectivity index (χ0n) is 23.3. The Bertz CT molecular complexity index is 988. The van der Waals surface area contributed by atoms with E-state index in [0.29, 0.717) is 77.2 Å². The van der Waals surface area contributed by atoms with Gasteiger partial charge in [-0.1, -0.05) is 26.8 Å². The first-order valence-corrected chi connectivity index (χ1v) is 13.8. The molecular formula is C28H43N5O5. The SMILES string of the molecule is CN1C[C@@H]2C[C@H]1C(=O)N1CCC(CC1)CN(C(=O)CC(C)(C)C)CCOCCOc1cccc(n1)C(=O)N2. The normalized spacial score (nSPS) is 26.5. The van der Waals surface area contributed by atoms with Gasteiger partial charge < -0.3 is 24.6 Å². The van der Waals surface area contributed by atoms with E-state index in [1.165, 1.54) is 0 Å². The van der Waals surface area contributed by atoms with Crippen LogP contribution >= 0.6 is 0 Å². The van der Waals surface area contributed by atoms with Gasteiger partial charge in [-0.25, -0.2) is 4.98 Å². The molecule has 3 amide bonds. The lowest BCUT2D eigenvalue weighted by molar-refractivity contribution is -0.139. The van der Waals surface area contributed by atoms with Crippen molar-refractivity contribution in [2.75, 3.05) is 59.6 Å². The highest BCUT2D eigenvalue weighted by molar-refractivity contribution is 5.92. The Hall–Kier alpha value is -2.72. The lowest BCUT2D eigenvalue weighted by Crippen LogP contribution is -2.49. The Morgan fingerprint density at radius 3 is 2.58 bits per heavy atom. The van der Waals surface area contributed by atoms with Crippen LogP contribution in [0.1, 0.15) is 56.9 Å². The minimum atomic E-state index is -0.273. The summed E-state index contributed by atoms with van der Waals surface area (Å²) >= 11 is 0. The minimum Gasteiger partial charge on any atom is -0.475 e. The van der Waals surface area contributed by atoms with E-state index in [-0.39, 0.29) is 40.9 Å². The number of nitrogens with one attached hydrogen (secondary N) is 1. The second-order valence-corrected chi connectivity index (χ2v) is 12.0. The second kappa shape index (κ2) is 12.4. The molecule has 0 saturated carbocycles. The standard InChI is InChI=1S/C28H43N5O5/c1-28(2,3)17-25(34)33-12-13-37-14-15-38-24-7-5-6-22(30-24)26(35)29-21-16-23(31(4)19-21)27(36)32-10-8-20(18-33)9-11-32/h5-7,20-21,23H,8-19H2,1-4H3,(H,29,35)/t21-,23-/m0/s1. The number of carbonyl (C=O) groups excluding carboxylic acids is 3. The number of likely N-dealkylation sites (tertiary alicyclic amines) is 1. The number of hydrogen-bond donors (Lipinski definition) is 1. The number of aromatic nitrogens is 1. The van der Waals surface area contributed by atoms with Crippen LogP contribution < -0.4 is 10.1 Å². The summed E-state index contributed by atoms with van der Waals surface area (Å²) in [6.45, 7) is 10.5. The fraction of sp³-hybridized carbons (Fsp3) is 0.714. The topological polar surface area (TPSA) is 104 Å². The molecule has 38 heavy (non-hydrogen) atoms. The van der Waals surface area contributed by atoms with Crippen LogP contribution in [-0.2, 0) is 14.3 Å². The smallest absolute Gasteiger partial charge is 0.270 e. The average molecular weight is 530 g/mol. The first-order valence-electron chi connectivity index (χ1n) is 13.8. The number of piperidine rings is 1. The van der Waals surface area contributed by atoms with E-state index in [4.69, 9.17) is 9.47 Å². The predicted molar refractivity (Wildman–Crippen MR) is 143 cm³/mol. The Balaban J connectivity index is 1.47. The highest BCUT2D eigenvalue weighted by Crippen LogP contribution is 2.25. The van der Waals surface area contributed by atoms with Gasteiger partial charge in [0.15, 0.2) is 0 Å². The van der Waals surface area contributed by atoms with Crippen LogP contribution in [0.25, 0.3) is 0 Å². The molecule has 0 unspecified atom stereocenters. The first-order chi connectivity index (χ1) is 18.1. The molecule has 10 heteroatoms. The number of pyridine rings is 1. The Kier molecular flexibility index (Phi) is 9.25. The second-order valence-electron chi connectivity index (χ2n) is 12.0. The van der Waals surface area contributed by atoms with Gasteiger partial charge in [0.05, 0.1) is 19.3 Å². The molecular weight excluding hydrogens is 486 g/mol. The molecule has 0 radical (unpaired) electrons. The maximum Gasteiger partial charge on any atom is 0.270 e. The van der Waals surface area contributed by atoms with Crippen molar-refractivity contribution in [2.45, 2.75) is 58.5 Å². The molecule has 5 heterocycles. The molecule has 2 fully saturated rings. The summed E-state index contributed by atoms with van der Waals surface area (Å²) in [6.07, 6.45) is 2.80. The van der Waals surface area contributed by atoms with Crippen LogP contribution in [0, 0.1) is 11.3 Å². The molecule has 4 aliphatic rings. The minimum absolute atomic E-state index is 0.0908. The lowest BCUT2D eigenvalue weighted by atomic mass is 9.90. The van der Waals surface area contributed by atoms with E-state index in [0.717, 1.165) is 12.8 Å². The van der Waals surface area contributed by atoms with Gasteiger partial charge >= 0.3 is 0 Å². The number of hydrogen-bond acceptors (Lipinski definition) is 7. The van der Waals surface area contributed by atoms with Crippen molar-refractivity contribution in [3.63, 3.8) is 0 Å². The summed E-state index contributed by atoms with van der Waals surface area (Å²) in [5.74, 6) is 0.702. The van der Waals surface area contributed by atoms with Crippen LogP contribution in [0.2, 0.25) is 0 Å². The van der Waals surface area contributed by atoms with Crippen molar-refractivity contribution >= 4 is 17.7 Å². The Labute approximate surface area is 226 Å². The summed E-state index contributed by atoms with van der Waals surface area (Å²) in [4.78, 5) is 49.7. The monoisotopic (exact) mass is 529 g/mol. The van der Waals surface area contributed by atoms with E-state index in [1.807, 2.05) is 21.7 Å². The fourth-order valence-corrected chi connectivity index (χ4v) is 5.50. The van der Waals surface area contributed by atoms with Crippen molar-refractivity contribution in [3.05, 3.63) is 23.9 Å². The van der Waals surface area contributed by atoms with Gasteiger partial charge in [-0.2, -0.15) is 0 Å². The average Bonchev–Trinajstić information content (AvgIpc) is 3.23. The van der Waals surface area contributed by atoms with Crippen molar-refractivity contribution in [1.29, 1.82) is 0 Å². The van der Waals surface area contributed by atoms with Gasteiger partial charge in [-0.15, -0.1) is 0 Å². The molecule has 0 aliphatic carbocycles. The van der Waals surface area contributed by atoms with E-state index < -0.39 is 0 Å². The van der Waals surface area contributed by atoms with Crippen molar-refractivity contribution in [2.24, 2.45) is 11.3 Å². The van der Waals surface area contributed by atoms with Gasteiger partial charge in [0.2, 0.25) is 17.7 Å². The molecule has 10 nitrogen and oxygen atoms in total. The van der Waals surface area contributed by atoms with E-state index in [9.17, 15) is 14.4 Å². The summed E-state index contributed by atoms with van der Waals surface area (Å²) < 4.78 is 11.5. The molecule has 1 N–H and O–H groups in total. The molecule has 4 aliphatic heterocycles. The Morgan fingerprint density at radius 1 is 1.08 bits per heavy atom. The molecule has 5 rings (SSSR count). The number of fused-ring (bicyclic) bond motifs is 10. The zero-order valence-corrected chi connectivity index (χ0v) is 23.3. The van der Waals surface area contributed by atoms with Crippen LogP contribution in [0.15, 0.2) is 18.2 Å². The quantitative estimate of drug-likeness (QED) is 0.553. The van der Waals surface area contributed by atoms with Crippen molar-refractivity contribution in [3.8, 4) is 5.88 Å². The maximum absolute atomic E-state index is 13.4. The summed E-state index contributed by atoms with van der Waals surface area (Å²) in [5, 5.41) is 3.04. The van der Waals surface area contributed by atoms with Gasteiger partial charge in [0.1, 0.15) is 12.3 Å². The molecule has 1 aromatic heterocycles. The third-order valence-electron chi connectivity index (χ3n) is 7.55. The molecule has 2 atom stereocenters. The highest BCUT2D eigenvalue weighted by atomic mass is 16.5. The zero-order chi connectivity index (χ0) is 27.3. The third-order valence-corrected chi connectivity index (χ3v) is 7.55. The van der Waals surface area contributed by atoms with Gasteiger partial charge in [-0.05, 0) is 43.7 Å². The molecule has 6 bridgehead atoms. The molecule has 0 spiro atoms. The number of amides is 3. The molecule has 210 valence electrons. The van der Waals surface area contributed by atoms with Crippen LogP contribution in [0.3, 0.4) is 0 Å². The van der Waals surface area contributed by atoms with E-state index in [2.05, 4.69) is 31.1 Å². The van der Waals surface area contributed by atoms with Crippen LogP contribution in [-0.4, -0.2) is 109 Å². The third kappa shape index (κ3) is 7.66. The van der Waals surface area contributed by atoms with Gasteiger partial charge in [-0.3, -0.25) is 19.3 Å². The highest BCUT2D eigenvalue weighted by Gasteiger charge is 2.38. The number of rotatable bonds is 1. The van der Waals surface area contributed by atoms with Gasteiger partial charge in [0.25, 0.3) is 5.91 Å². The lowest BCUT2D eigenvalue weighted by Gasteiger charge is -2.37. The predicted octanol–water partition coefficient (Wildman–Crippen LogP) is 1.80. The molecule has 2 saturated heterocycles. The van der Waals surface area contributed by atoms with Crippen LogP contribution in [0.5, 0.6) is 5.88 Å². The fourth-order valence-electron chi connectivity index (χ4n) is 5.50. The summed E-state index contributed by atoms with van der Waals surface area (Å²) in [5.41, 5.74) is 0.189. The first kappa shape index (κ1) is 28.3. The Morgan fingerprint density at radius 2 is 1.84 bits per heavy atom. The van der Waals surface area contributed by atoms with E-state index >= 15 is 0 Å². The van der Waals surface area contributed by atoms with Crippen molar-refractivity contribution in [1.82, 2.24) is 25.0 Å². The van der Waals surface area contributed by atoms with Crippen LogP contribution in [0.4, 0.5) is 0 Å². The van der Waals surface area contributed by atoms with E-state index in [1.54, 1.807) is 18.2 Å². The number of likely N-dealkylation sites (N-methyl/N-ethyl adjacent to an activating group) is 1. The largest absolute Gasteiger partial charge is 0.475 e. The summed E-state index contributed by atoms with van der Waals surface area (Å²) in [6, 6.07) is 4.72. The molecule has 1 aromatic rings. The number of nitrogens with zero attached hydrogens (tertiary/aromatic N) is 4. The number of ether oxygens (including phenoxy) is 2. The number of carbonyl (C=O) groups is 3. The van der Waals surface area contributed by atoms with Gasteiger partial charge in [0, 0.05) is 51.3 Å². The maximum atomic E-state index is 13.4.